The van der Waals surface area contributed by atoms with Crippen LogP contribution in [0.4, 0.5) is 0 Å². The van der Waals surface area contributed by atoms with Crippen LogP contribution in [0, 0.1) is 24.7 Å². The molecule has 0 radical (unpaired) electrons. The fourth-order valence-corrected chi connectivity index (χ4v) is 0.969. The summed E-state index contributed by atoms with van der Waals surface area (Å²) in [5.41, 5.74) is 0. The Morgan fingerprint density at radius 1 is 0.882 bits per heavy atom. The number of rotatable bonds is 8. The van der Waals surface area contributed by atoms with E-state index in [4.69, 9.17) is 22.3 Å². The summed E-state index contributed by atoms with van der Waals surface area (Å²) in [4.78, 5) is 22.2. The summed E-state index contributed by atoms with van der Waals surface area (Å²) in [6.07, 6.45) is 11.6. The summed E-state index contributed by atoms with van der Waals surface area (Å²) in [5, 5.41) is 0. The van der Waals surface area contributed by atoms with Gasteiger partial charge < -0.3 is 9.47 Å². The van der Waals surface area contributed by atoms with Gasteiger partial charge in [-0.05, 0) is 6.42 Å². The molecule has 0 aromatic heterocycles. The maximum absolute atomic E-state index is 11.1. The molecule has 4 nitrogen and oxygen atoms in total. The minimum atomic E-state index is -0.350. The highest BCUT2D eigenvalue weighted by molar-refractivity contribution is 5.72. The van der Waals surface area contributed by atoms with Gasteiger partial charge in [0.1, 0.15) is 13.2 Å². The molecule has 92 valence electrons. The van der Waals surface area contributed by atoms with E-state index in [1.165, 1.54) is 0 Å². The third kappa shape index (κ3) is 10.3. The normalized spacial score (nSPS) is 8.82. The van der Waals surface area contributed by atoms with Crippen molar-refractivity contribution in [3.8, 4) is 24.7 Å². The van der Waals surface area contributed by atoms with E-state index >= 15 is 0 Å². The van der Waals surface area contributed by atoms with E-state index < -0.39 is 0 Å². The van der Waals surface area contributed by atoms with E-state index in [0.717, 1.165) is 0 Å². The van der Waals surface area contributed by atoms with Crippen LogP contribution in [-0.2, 0) is 19.1 Å². The monoisotopic (exact) mass is 236 g/mol. The van der Waals surface area contributed by atoms with Crippen LogP contribution >= 0.6 is 0 Å². The minimum absolute atomic E-state index is 0.189. The lowest BCUT2D eigenvalue weighted by atomic mass is 10.2. The van der Waals surface area contributed by atoms with E-state index in [1.54, 1.807) is 0 Å². The van der Waals surface area contributed by atoms with Gasteiger partial charge in [-0.15, -0.1) is 24.7 Å². The highest BCUT2D eigenvalue weighted by Gasteiger charge is 2.06. The van der Waals surface area contributed by atoms with Gasteiger partial charge >= 0.3 is 11.9 Å². The van der Waals surface area contributed by atoms with Crippen molar-refractivity contribution in [2.75, 3.05) is 13.2 Å². The zero-order valence-corrected chi connectivity index (χ0v) is 9.74. The molecule has 0 aromatic carbocycles. The fourth-order valence-electron chi connectivity index (χ4n) is 0.969. The Morgan fingerprint density at radius 2 is 1.29 bits per heavy atom. The first-order valence-corrected chi connectivity index (χ1v) is 5.39. The zero-order chi connectivity index (χ0) is 12.9. The van der Waals surface area contributed by atoms with E-state index in [2.05, 4.69) is 11.8 Å². The molecule has 0 fully saturated rings. The van der Waals surface area contributed by atoms with Crippen LogP contribution in [0.1, 0.15) is 32.1 Å². The van der Waals surface area contributed by atoms with Crippen LogP contribution in [0.3, 0.4) is 0 Å². The maximum atomic E-state index is 11.1. The second kappa shape index (κ2) is 10.6. The Kier molecular flexibility index (Phi) is 9.37. The second-order valence-electron chi connectivity index (χ2n) is 3.20. The molecule has 0 aliphatic carbocycles. The van der Waals surface area contributed by atoms with Crippen molar-refractivity contribution in [3.05, 3.63) is 0 Å². The molecule has 0 atom stereocenters. The molecule has 0 saturated carbocycles. The summed E-state index contributed by atoms with van der Waals surface area (Å²) in [6, 6.07) is 0. The average molecular weight is 236 g/mol. The fraction of sp³-hybridized carbons (Fsp3) is 0.538. The first-order chi connectivity index (χ1) is 8.20. The Balaban J connectivity index is 3.43. The highest BCUT2D eigenvalue weighted by atomic mass is 16.5. The topological polar surface area (TPSA) is 52.6 Å². The molecule has 17 heavy (non-hydrogen) atoms. The van der Waals surface area contributed by atoms with Crippen molar-refractivity contribution in [1.29, 1.82) is 0 Å². The largest absolute Gasteiger partial charge is 0.465 e. The van der Waals surface area contributed by atoms with Crippen molar-refractivity contribution >= 4 is 11.9 Å². The van der Waals surface area contributed by atoms with E-state index in [9.17, 15) is 9.59 Å². The molecule has 0 aliphatic heterocycles. The van der Waals surface area contributed by atoms with Gasteiger partial charge in [-0.2, -0.15) is 0 Å². The minimum Gasteiger partial charge on any atom is -0.465 e. The predicted molar refractivity (Wildman–Crippen MR) is 62.7 cm³/mol. The molecule has 0 bridgehead atoms. The summed E-state index contributed by atoms with van der Waals surface area (Å²) >= 11 is 0. The smallest absolute Gasteiger partial charge is 0.305 e. The standard InChI is InChI=1S/C13H16O4/c1-3-5-10-16-12(14)8-7-9-13(15)17-11-6-4-2/h1-2H,5-11H2. The molecule has 0 aromatic rings. The number of carbonyl (C=O) groups is 2. The molecular formula is C13H16O4. The zero-order valence-electron chi connectivity index (χ0n) is 9.74. The molecule has 0 unspecified atom stereocenters. The van der Waals surface area contributed by atoms with Crippen molar-refractivity contribution in [2.45, 2.75) is 32.1 Å². The van der Waals surface area contributed by atoms with Gasteiger partial charge in [0.05, 0.1) is 0 Å². The molecule has 0 aliphatic rings. The van der Waals surface area contributed by atoms with Gasteiger partial charge in [0, 0.05) is 25.7 Å². The molecule has 0 rings (SSSR count). The molecular weight excluding hydrogens is 220 g/mol. The SMILES string of the molecule is C#CCCOC(=O)CCCC(=O)OCCC#C. The first kappa shape index (κ1) is 15.1. The Labute approximate surface area is 102 Å². The molecule has 0 heterocycles. The van der Waals surface area contributed by atoms with E-state index in [0.29, 0.717) is 19.3 Å². The number of esters is 2. The van der Waals surface area contributed by atoms with Crippen molar-refractivity contribution in [3.63, 3.8) is 0 Å². The summed E-state index contributed by atoms with van der Waals surface area (Å²) in [5.74, 6) is 4.02. The molecule has 0 spiro atoms. The third-order valence-electron chi connectivity index (χ3n) is 1.78. The Hall–Kier alpha value is -1.94. The first-order valence-electron chi connectivity index (χ1n) is 5.39. The molecule has 0 amide bonds. The van der Waals surface area contributed by atoms with Crippen LogP contribution in [-0.4, -0.2) is 25.2 Å². The lowest BCUT2D eigenvalue weighted by Crippen LogP contribution is -2.09. The lowest BCUT2D eigenvalue weighted by molar-refractivity contribution is -0.145. The number of terminal acetylenes is 2. The van der Waals surface area contributed by atoms with Gasteiger partial charge in [-0.3, -0.25) is 9.59 Å². The van der Waals surface area contributed by atoms with Gasteiger partial charge in [0.15, 0.2) is 0 Å². The van der Waals surface area contributed by atoms with Gasteiger partial charge in [-0.1, -0.05) is 0 Å². The van der Waals surface area contributed by atoms with Crippen LogP contribution in [0.25, 0.3) is 0 Å². The van der Waals surface area contributed by atoms with Crippen LogP contribution in [0.2, 0.25) is 0 Å². The lowest BCUT2D eigenvalue weighted by Gasteiger charge is -2.03. The summed E-state index contributed by atoms with van der Waals surface area (Å²) in [7, 11) is 0. The Morgan fingerprint density at radius 3 is 1.65 bits per heavy atom. The van der Waals surface area contributed by atoms with Crippen molar-refractivity contribution in [2.24, 2.45) is 0 Å². The highest BCUT2D eigenvalue weighted by Crippen LogP contribution is 2.00. The van der Waals surface area contributed by atoms with Crippen LogP contribution in [0.15, 0.2) is 0 Å². The van der Waals surface area contributed by atoms with Crippen LogP contribution < -0.4 is 0 Å². The van der Waals surface area contributed by atoms with Crippen LogP contribution in [0.5, 0.6) is 0 Å². The van der Waals surface area contributed by atoms with Gasteiger partial charge in [0.25, 0.3) is 0 Å². The van der Waals surface area contributed by atoms with E-state index in [1.807, 2.05) is 0 Å². The third-order valence-corrected chi connectivity index (χ3v) is 1.78. The quantitative estimate of drug-likeness (QED) is 0.362. The molecule has 0 N–H and O–H groups in total. The van der Waals surface area contributed by atoms with Gasteiger partial charge in [-0.25, -0.2) is 0 Å². The molecule has 0 saturated heterocycles. The number of ether oxygens (including phenoxy) is 2. The van der Waals surface area contributed by atoms with Crippen molar-refractivity contribution in [1.82, 2.24) is 0 Å². The second-order valence-corrected chi connectivity index (χ2v) is 3.20. The number of carbonyl (C=O) groups excluding carboxylic acids is 2. The maximum Gasteiger partial charge on any atom is 0.305 e. The Bertz CT molecular complexity index is 287. The number of hydrogen-bond acceptors (Lipinski definition) is 4. The summed E-state index contributed by atoms with van der Waals surface area (Å²) < 4.78 is 9.61. The predicted octanol–water partition coefficient (Wildman–Crippen LogP) is 1.29. The summed E-state index contributed by atoms with van der Waals surface area (Å²) in [6.45, 7) is 0.448. The van der Waals surface area contributed by atoms with Crippen molar-refractivity contribution < 1.29 is 19.1 Å². The van der Waals surface area contributed by atoms with Gasteiger partial charge in [0.2, 0.25) is 0 Å². The van der Waals surface area contributed by atoms with E-state index in [-0.39, 0.29) is 38.0 Å². The average Bonchev–Trinajstić information content (AvgIpc) is 2.30. The molecule has 4 heteroatoms. The number of hydrogen-bond donors (Lipinski definition) is 0.